The quantitative estimate of drug-likeness (QED) is 0.0237. The first-order valence-corrected chi connectivity index (χ1v) is 24.8. The molecule has 0 radical (unpaired) electrons. The summed E-state index contributed by atoms with van der Waals surface area (Å²) >= 11 is 0. The van der Waals surface area contributed by atoms with E-state index in [2.05, 4.69) is 74.6 Å². The van der Waals surface area contributed by atoms with Crippen LogP contribution in [0.1, 0.15) is 194 Å². The first-order valence-electron chi connectivity index (χ1n) is 23.3. The summed E-state index contributed by atoms with van der Waals surface area (Å²) in [5.74, 6) is -0.395. The number of aliphatic hydroxyl groups excluding tert-OH is 2. The molecule has 0 saturated carbocycles. The van der Waals surface area contributed by atoms with E-state index >= 15 is 0 Å². The SMILES string of the molecule is CCCCC/C=C\C/C=C\C/C=C\CCCCCCCCCOCC(COP(=O)(O)OCC(O)CO)OC(=O)CCCCCCCCC/C=C\C/C=C\CCCCC. The van der Waals surface area contributed by atoms with Crippen LogP contribution in [0, 0.1) is 0 Å². The maximum absolute atomic E-state index is 12.6. The Morgan fingerprint density at radius 1 is 0.534 bits per heavy atom. The van der Waals surface area contributed by atoms with Crippen LogP contribution in [0.4, 0.5) is 0 Å². The maximum Gasteiger partial charge on any atom is 0.472 e. The van der Waals surface area contributed by atoms with Gasteiger partial charge in [-0.15, -0.1) is 0 Å². The molecule has 0 aromatic heterocycles. The molecule has 0 bridgehead atoms. The van der Waals surface area contributed by atoms with Gasteiger partial charge >= 0.3 is 13.8 Å². The van der Waals surface area contributed by atoms with E-state index in [1.807, 2.05) is 0 Å². The molecule has 0 spiro atoms. The standard InChI is InChI=1S/C48H87O9P/c1-3-5-7-9-11-13-15-17-19-21-22-23-25-27-29-31-33-35-37-39-41-54-44-47(45-56-58(52,53)55-43-46(50)42-49)57-48(51)40-38-36-34-32-30-28-26-24-20-18-16-14-12-10-8-6-4-2/h11-14,17-20,22-23,46-47,49-50H,3-10,15-16,21,24-45H2,1-2H3,(H,52,53)/b13-11-,14-12-,19-17-,20-18-,23-22-. The van der Waals surface area contributed by atoms with E-state index in [1.54, 1.807) is 0 Å². The highest BCUT2D eigenvalue weighted by molar-refractivity contribution is 7.47. The average molecular weight is 839 g/mol. The molecular formula is C48H87O9P. The van der Waals surface area contributed by atoms with Crippen molar-refractivity contribution in [2.24, 2.45) is 0 Å². The molecule has 58 heavy (non-hydrogen) atoms. The topological polar surface area (TPSA) is 132 Å². The number of rotatable bonds is 44. The van der Waals surface area contributed by atoms with E-state index in [9.17, 15) is 19.4 Å². The van der Waals surface area contributed by atoms with Crippen molar-refractivity contribution < 1.29 is 43.0 Å². The Morgan fingerprint density at radius 3 is 1.40 bits per heavy atom. The van der Waals surface area contributed by atoms with Gasteiger partial charge in [0.15, 0.2) is 0 Å². The van der Waals surface area contributed by atoms with E-state index in [0.29, 0.717) is 13.0 Å². The summed E-state index contributed by atoms with van der Waals surface area (Å²) in [6, 6.07) is 0. The van der Waals surface area contributed by atoms with E-state index in [4.69, 9.17) is 23.6 Å². The van der Waals surface area contributed by atoms with Gasteiger partial charge in [0.05, 0.1) is 26.4 Å². The van der Waals surface area contributed by atoms with E-state index in [1.165, 1.54) is 96.3 Å². The second-order valence-corrected chi connectivity index (χ2v) is 16.9. The molecule has 9 nitrogen and oxygen atoms in total. The Balaban J connectivity index is 4.18. The monoisotopic (exact) mass is 839 g/mol. The summed E-state index contributed by atoms with van der Waals surface area (Å²) in [5.41, 5.74) is 0. The number of unbranched alkanes of at least 4 members (excludes halogenated alkanes) is 20. The lowest BCUT2D eigenvalue weighted by atomic mass is 10.1. The van der Waals surface area contributed by atoms with Gasteiger partial charge in [-0.3, -0.25) is 13.8 Å². The lowest BCUT2D eigenvalue weighted by molar-refractivity contribution is -0.154. The minimum Gasteiger partial charge on any atom is -0.457 e. The van der Waals surface area contributed by atoms with Gasteiger partial charge in [-0.25, -0.2) is 4.57 Å². The largest absolute Gasteiger partial charge is 0.472 e. The average Bonchev–Trinajstić information content (AvgIpc) is 3.21. The molecule has 3 atom stereocenters. The lowest BCUT2D eigenvalue weighted by Gasteiger charge is -2.20. The summed E-state index contributed by atoms with van der Waals surface area (Å²) < 4.78 is 33.4. The van der Waals surface area contributed by atoms with Crippen LogP contribution in [0.3, 0.4) is 0 Å². The smallest absolute Gasteiger partial charge is 0.457 e. The predicted molar refractivity (Wildman–Crippen MR) is 242 cm³/mol. The molecule has 0 fully saturated rings. The van der Waals surface area contributed by atoms with Crippen LogP contribution in [-0.2, 0) is 27.9 Å². The zero-order valence-electron chi connectivity index (χ0n) is 37.0. The number of phosphoric acid groups is 1. The second kappa shape index (κ2) is 44.7. The van der Waals surface area contributed by atoms with Gasteiger partial charge in [-0.05, 0) is 83.5 Å². The number of ether oxygens (including phenoxy) is 2. The third kappa shape index (κ3) is 43.7. The minimum atomic E-state index is -4.53. The molecule has 3 unspecified atom stereocenters. The molecule has 0 saturated heterocycles. The summed E-state index contributed by atoms with van der Waals surface area (Å²) in [7, 11) is -4.53. The molecule has 0 aliphatic carbocycles. The Kier molecular flexibility index (Phi) is 43.3. The fraction of sp³-hybridized carbons (Fsp3) is 0.771. The molecule has 0 amide bonds. The number of phosphoric ester groups is 1. The van der Waals surface area contributed by atoms with Crippen LogP contribution >= 0.6 is 7.82 Å². The van der Waals surface area contributed by atoms with E-state index in [-0.39, 0.29) is 19.6 Å². The van der Waals surface area contributed by atoms with Gasteiger partial charge in [0.25, 0.3) is 0 Å². The van der Waals surface area contributed by atoms with Crippen molar-refractivity contribution in [2.45, 2.75) is 206 Å². The van der Waals surface area contributed by atoms with Gasteiger partial charge in [0.2, 0.25) is 0 Å². The normalized spacial score (nSPS) is 14.5. The van der Waals surface area contributed by atoms with Crippen LogP contribution in [0.25, 0.3) is 0 Å². The second-order valence-electron chi connectivity index (χ2n) is 15.4. The van der Waals surface area contributed by atoms with Crippen molar-refractivity contribution in [3.8, 4) is 0 Å². The van der Waals surface area contributed by atoms with Crippen LogP contribution in [0.2, 0.25) is 0 Å². The number of aliphatic hydroxyl groups is 2. The molecule has 10 heteroatoms. The Labute approximate surface area is 355 Å². The molecule has 0 heterocycles. The summed E-state index contributed by atoms with van der Waals surface area (Å²) in [4.78, 5) is 22.6. The highest BCUT2D eigenvalue weighted by Crippen LogP contribution is 2.43. The van der Waals surface area contributed by atoms with Crippen LogP contribution in [0.15, 0.2) is 60.8 Å². The van der Waals surface area contributed by atoms with Gasteiger partial charge in [0, 0.05) is 13.0 Å². The predicted octanol–water partition coefficient (Wildman–Crippen LogP) is 13.1. The maximum atomic E-state index is 12.6. The van der Waals surface area contributed by atoms with Crippen molar-refractivity contribution in [1.29, 1.82) is 0 Å². The molecule has 3 N–H and O–H groups in total. The van der Waals surface area contributed by atoms with Gasteiger partial charge in [0.1, 0.15) is 12.2 Å². The number of carbonyl (C=O) groups excluding carboxylic acids is 1. The zero-order valence-corrected chi connectivity index (χ0v) is 37.9. The first kappa shape index (κ1) is 56.2. The number of hydrogen-bond donors (Lipinski definition) is 3. The molecule has 0 rings (SSSR count). The highest BCUT2D eigenvalue weighted by Gasteiger charge is 2.26. The molecule has 0 aliphatic rings. The first-order chi connectivity index (χ1) is 28.3. The zero-order chi connectivity index (χ0) is 42.5. The molecular weight excluding hydrogens is 751 g/mol. The van der Waals surface area contributed by atoms with Crippen molar-refractivity contribution in [3.63, 3.8) is 0 Å². The van der Waals surface area contributed by atoms with E-state index in [0.717, 1.165) is 70.6 Å². The Hall–Kier alpha value is -1.84. The van der Waals surface area contributed by atoms with Crippen molar-refractivity contribution >= 4 is 13.8 Å². The fourth-order valence-electron chi connectivity index (χ4n) is 6.10. The summed E-state index contributed by atoms with van der Waals surface area (Å²) in [6.45, 7) is 3.43. The third-order valence-electron chi connectivity index (χ3n) is 9.68. The summed E-state index contributed by atoms with van der Waals surface area (Å²) in [5, 5.41) is 18.4. The molecule has 338 valence electrons. The van der Waals surface area contributed by atoms with Crippen molar-refractivity contribution in [2.75, 3.05) is 33.0 Å². The number of allylic oxidation sites excluding steroid dienone is 10. The van der Waals surface area contributed by atoms with Crippen LogP contribution in [0.5, 0.6) is 0 Å². The molecule has 0 aliphatic heterocycles. The highest BCUT2D eigenvalue weighted by atomic mass is 31.2. The lowest BCUT2D eigenvalue weighted by Crippen LogP contribution is -2.29. The Morgan fingerprint density at radius 2 is 0.931 bits per heavy atom. The van der Waals surface area contributed by atoms with E-state index < -0.39 is 39.2 Å². The number of esters is 1. The molecule has 0 aromatic rings. The van der Waals surface area contributed by atoms with Crippen LogP contribution in [-0.4, -0.2) is 66.3 Å². The number of hydrogen-bond acceptors (Lipinski definition) is 8. The van der Waals surface area contributed by atoms with Crippen LogP contribution < -0.4 is 0 Å². The summed E-state index contributed by atoms with van der Waals surface area (Å²) in [6.07, 6.45) is 51.7. The van der Waals surface area contributed by atoms with Gasteiger partial charge in [-0.2, -0.15) is 0 Å². The molecule has 0 aromatic carbocycles. The fourth-order valence-corrected chi connectivity index (χ4v) is 6.89. The minimum absolute atomic E-state index is 0.0371. The van der Waals surface area contributed by atoms with Crippen molar-refractivity contribution in [1.82, 2.24) is 0 Å². The number of carbonyl (C=O) groups is 1. The van der Waals surface area contributed by atoms with Crippen molar-refractivity contribution in [3.05, 3.63) is 60.8 Å². The van der Waals surface area contributed by atoms with Gasteiger partial charge < -0.3 is 24.6 Å². The van der Waals surface area contributed by atoms with Gasteiger partial charge in [-0.1, -0.05) is 164 Å². The Bertz CT molecular complexity index is 1090. The third-order valence-corrected chi connectivity index (χ3v) is 10.6.